The molecule has 1 aromatic carbocycles. The van der Waals surface area contributed by atoms with Crippen LogP contribution in [0.4, 0.5) is 4.79 Å². The smallest absolute Gasteiger partial charge is 0.317 e. The van der Waals surface area contributed by atoms with Gasteiger partial charge in [-0.3, -0.25) is 4.79 Å². The maximum atomic E-state index is 12.5. The summed E-state index contributed by atoms with van der Waals surface area (Å²) in [6.45, 7) is 2.96. The highest BCUT2D eigenvalue weighted by Gasteiger charge is 2.32. The standard InChI is InChI=1S/C17H25N3O4/c1-12(21)18-8-9-19-17(22)20-10-4-5-15(20)14-11-13(23-2)6-7-16(14)24-3/h6-7,11,15H,4-5,8-10H2,1-3H3,(H,18,21)(H,19,22)/t15-/m1/s1. The molecule has 1 aliphatic rings. The van der Waals surface area contributed by atoms with E-state index < -0.39 is 0 Å². The molecular formula is C17H25N3O4. The lowest BCUT2D eigenvalue weighted by Crippen LogP contribution is -2.42. The zero-order valence-corrected chi connectivity index (χ0v) is 14.4. The van der Waals surface area contributed by atoms with Crippen molar-refractivity contribution in [2.45, 2.75) is 25.8 Å². The van der Waals surface area contributed by atoms with Gasteiger partial charge in [-0.25, -0.2) is 4.79 Å². The highest BCUT2D eigenvalue weighted by Crippen LogP contribution is 2.38. The minimum Gasteiger partial charge on any atom is -0.497 e. The first-order chi connectivity index (χ1) is 11.6. The van der Waals surface area contributed by atoms with Gasteiger partial charge in [-0.2, -0.15) is 0 Å². The summed E-state index contributed by atoms with van der Waals surface area (Å²) >= 11 is 0. The molecule has 1 atom stereocenters. The zero-order valence-electron chi connectivity index (χ0n) is 14.4. The van der Waals surface area contributed by atoms with Crippen LogP contribution in [0.1, 0.15) is 31.4 Å². The Balaban J connectivity index is 2.07. The number of rotatable bonds is 6. The van der Waals surface area contributed by atoms with Gasteiger partial charge in [0.05, 0.1) is 20.3 Å². The highest BCUT2D eigenvalue weighted by atomic mass is 16.5. The maximum Gasteiger partial charge on any atom is 0.317 e. The van der Waals surface area contributed by atoms with Crippen molar-refractivity contribution in [1.82, 2.24) is 15.5 Å². The third-order valence-electron chi connectivity index (χ3n) is 4.08. The average Bonchev–Trinajstić information content (AvgIpc) is 3.07. The molecule has 0 spiro atoms. The Labute approximate surface area is 142 Å². The average molecular weight is 335 g/mol. The minimum absolute atomic E-state index is 0.0455. The lowest BCUT2D eigenvalue weighted by Gasteiger charge is -2.27. The molecule has 1 saturated heterocycles. The van der Waals surface area contributed by atoms with Crippen LogP contribution in [0.15, 0.2) is 18.2 Å². The van der Waals surface area contributed by atoms with Crippen molar-refractivity contribution < 1.29 is 19.1 Å². The van der Waals surface area contributed by atoms with Crippen LogP contribution in [0.5, 0.6) is 11.5 Å². The molecule has 1 aromatic rings. The predicted molar refractivity (Wildman–Crippen MR) is 90.3 cm³/mol. The number of hydrogen-bond acceptors (Lipinski definition) is 4. The summed E-state index contributed by atoms with van der Waals surface area (Å²) in [4.78, 5) is 25.1. The van der Waals surface area contributed by atoms with Crippen LogP contribution < -0.4 is 20.1 Å². The topological polar surface area (TPSA) is 79.9 Å². The molecule has 0 saturated carbocycles. The molecule has 24 heavy (non-hydrogen) atoms. The molecule has 1 heterocycles. The summed E-state index contributed by atoms with van der Waals surface area (Å²) in [5.41, 5.74) is 0.950. The van der Waals surface area contributed by atoms with E-state index in [9.17, 15) is 9.59 Å². The van der Waals surface area contributed by atoms with Gasteiger partial charge in [-0.05, 0) is 31.0 Å². The van der Waals surface area contributed by atoms with Gasteiger partial charge in [0.15, 0.2) is 0 Å². The number of carbonyl (C=O) groups is 2. The monoisotopic (exact) mass is 335 g/mol. The number of amides is 3. The van der Waals surface area contributed by atoms with Crippen LogP contribution in [0.3, 0.4) is 0 Å². The van der Waals surface area contributed by atoms with Gasteiger partial charge in [0, 0.05) is 32.1 Å². The number of nitrogens with one attached hydrogen (secondary N) is 2. The predicted octanol–water partition coefficient (Wildman–Crippen LogP) is 1.69. The van der Waals surface area contributed by atoms with E-state index in [0.717, 1.165) is 29.9 Å². The van der Waals surface area contributed by atoms with Crippen LogP contribution in [0.2, 0.25) is 0 Å². The number of nitrogens with zero attached hydrogens (tertiary/aromatic N) is 1. The summed E-state index contributed by atoms with van der Waals surface area (Å²) in [6.07, 6.45) is 1.81. The Morgan fingerprint density at radius 1 is 1.21 bits per heavy atom. The molecule has 3 amide bonds. The van der Waals surface area contributed by atoms with Gasteiger partial charge >= 0.3 is 6.03 Å². The lowest BCUT2D eigenvalue weighted by atomic mass is 10.0. The zero-order chi connectivity index (χ0) is 17.5. The minimum atomic E-state index is -0.132. The van der Waals surface area contributed by atoms with Gasteiger partial charge in [-0.1, -0.05) is 0 Å². The molecule has 1 fully saturated rings. The third-order valence-corrected chi connectivity index (χ3v) is 4.08. The number of benzene rings is 1. The van der Waals surface area contributed by atoms with E-state index in [1.54, 1.807) is 14.2 Å². The van der Waals surface area contributed by atoms with Gasteiger partial charge in [0.1, 0.15) is 11.5 Å². The Hall–Kier alpha value is -2.44. The summed E-state index contributed by atoms with van der Waals surface area (Å²) in [5, 5.41) is 5.50. The molecular weight excluding hydrogens is 310 g/mol. The summed E-state index contributed by atoms with van der Waals surface area (Å²) in [5.74, 6) is 1.38. The second-order valence-electron chi connectivity index (χ2n) is 5.67. The van der Waals surface area contributed by atoms with E-state index >= 15 is 0 Å². The van der Waals surface area contributed by atoms with Gasteiger partial charge in [0.2, 0.25) is 5.91 Å². The quantitative estimate of drug-likeness (QED) is 0.775. The van der Waals surface area contributed by atoms with Gasteiger partial charge in [0.25, 0.3) is 0 Å². The van der Waals surface area contributed by atoms with E-state index in [-0.39, 0.29) is 18.0 Å². The van der Waals surface area contributed by atoms with Crippen LogP contribution >= 0.6 is 0 Å². The second-order valence-corrected chi connectivity index (χ2v) is 5.67. The Bertz CT molecular complexity index is 591. The van der Waals surface area contributed by atoms with Gasteiger partial charge in [-0.15, -0.1) is 0 Å². The Kier molecular flexibility index (Phi) is 6.28. The van der Waals surface area contributed by atoms with Crippen molar-refractivity contribution in [1.29, 1.82) is 0 Å². The lowest BCUT2D eigenvalue weighted by molar-refractivity contribution is -0.118. The first kappa shape index (κ1) is 17.9. The molecule has 0 unspecified atom stereocenters. The molecule has 0 aliphatic carbocycles. The van der Waals surface area contributed by atoms with Crippen LogP contribution in [-0.2, 0) is 4.79 Å². The molecule has 1 aliphatic heterocycles. The molecule has 0 bridgehead atoms. The normalized spacial score (nSPS) is 16.6. The number of hydrogen-bond donors (Lipinski definition) is 2. The van der Waals surface area contributed by atoms with Crippen molar-refractivity contribution in [2.75, 3.05) is 33.9 Å². The molecule has 2 N–H and O–H groups in total. The Morgan fingerprint density at radius 2 is 1.96 bits per heavy atom. The second kappa shape index (κ2) is 8.42. The van der Waals surface area contributed by atoms with Crippen molar-refractivity contribution in [3.8, 4) is 11.5 Å². The summed E-state index contributed by atoms with van der Waals surface area (Å²) < 4.78 is 10.7. The van der Waals surface area contributed by atoms with Gasteiger partial charge < -0.3 is 25.0 Å². The number of ether oxygens (including phenoxy) is 2. The molecule has 0 radical (unpaired) electrons. The van der Waals surface area contributed by atoms with Crippen molar-refractivity contribution in [2.24, 2.45) is 0 Å². The first-order valence-corrected chi connectivity index (χ1v) is 8.07. The van der Waals surface area contributed by atoms with Crippen LogP contribution in [-0.4, -0.2) is 50.7 Å². The maximum absolute atomic E-state index is 12.5. The number of carbonyl (C=O) groups excluding carboxylic acids is 2. The van der Waals surface area contributed by atoms with Crippen LogP contribution in [0.25, 0.3) is 0 Å². The SMILES string of the molecule is COc1ccc(OC)c([C@H]2CCCN2C(=O)NCCNC(C)=O)c1. The fraction of sp³-hybridized carbons (Fsp3) is 0.529. The third kappa shape index (κ3) is 4.31. The fourth-order valence-electron chi connectivity index (χ4n) is 2.94. The number of likely N-dealkylation sites (tertiary alicyclic amines) is 1. The molecule has 2 rings (SSSR count). The van der Waals surface area contributed by atoms with Crippen molar-refractivity contribution in [3.05, 3.63) is 23.8 Å². The number of urea groups is 1. The highest BCUT2D eigenvalue weighted by molar-refractivity contribution is 5.76. The first-order valence-electron chi connectivity index (χ1n) is 8.07. The van der Waals surface area contributed by atoms with E-state index in [4.69, 9.17) is 9.47 Å². The van der Waals surface area contributed by atoms with E-state index in [2.05, 4.69) is 10.6 Å². The van der Waals surface area contributed by atoms with Crippen LogP contribution in [0, 0.1) is 0 Å². The van der Waals surface area contributed by atoms with E-state index in [1.165, 1.54) is 6.92 Å². The Morgan fingerprint density at radius 3 is 2.62 bits per heavy atom. The number of methoxy groups -OCH3 is 2. The summed E-state index contributed by atoms with van der Waals surface area (Å²) in [6, 6.07) is 5.45. The van der Waals surface area contributed by atoms with Crippen molar-refractivity contribution in [3.63, 3.8) is 0 Å². The molecule has 7 nitrogen and oxygen atoms in total. The molecule has 0 aromatic heterocycles. The van der Waals surface area contributed by atoms with Crippen molar-refractivity contribution >= 4 is 11.9 Å². The van der Waals surface area contributed by atoms with E-state index in [1.807, 2.05) is 23.1 Å². The largest absolute Gasteiger partial charge is 0.497 e. The molecule has 7 heteroatoms. The van der Waals surface area contributed by atoms with E-state index in [0.29, 0.717) is 19.6 Å². The summed E-state index contributed by atoms with van der Waals surface area (Å²) in [7, 11) is 3.24. The fourth-order valence-corrected chi connectivity index (χ4v) is 2.94. The molecule has 132 valence electrons.